The summed E-state index contributed by atoms with van der Waals surface area (Å²) in [5.41, 5.74) is -0.0578. The van der Waals surface area contributed by atoms with Gasteiger partial charge in [0, 0.05) is 73.1 Å². The number of amidine groups is 2. The number of unbranched alkanes of at least 4 members (excludes halogenated alkanes) is 1. The van der Waals surface area contributed by atoms with Crippen LogP contribution in [0.2, 0.25) is 0 Å². The van der Waals surface area contributed by atoms with Crippen LogP contribution in [-0.2, 0) is 10.1 Å². The van der Waals surface area contributed by atoms with Gasteiger partial charge in [-0.2, -0.15) is 8.42 Å². The van der Waals surface area contributed by atoms with E-state index in [1.165, 1.54) is 26.2 Å². The van der Waals surface area contributed by atoms with Crippen LogP contribution in [0.5, 0.6) is 0 Å². The van der Waals surface area contributed by atoms with Gasteiger partial charge in [-0.1, -0.05) is 24.3 Å². The van der Waals surface area contributed by atoms with E-state index in [0.29, 0.717) is 40.6 Å². The van der Waals surface area contributed by atoms with Gasteiger partial charge in [-0.05, 0) is 35.7 Å². The number of carbonyl (C=O) groups is 4. The van der Waals surface area contributed by atoms with Crippen molar-refractivity contribution in [2.75, 3.05) is 20.4 Å². The molecular formula is C33H28N6O11S. The van der Waals surface area contributed by atoms with Gasteiger partial charge in [0.15, 0.2) is 0 Å². The molecule has 0 saturated carbocycles. The van der Waals surface area contributed by atoms with Crippen LogP contribution in [0.1, 0.15) is 67.1 Å². The lowest BCUT2D eigenvalue weighted by molar-refractivity contribution is -0.384. The Hall–Kier alpha value is -6.27. The first kappa shape index (κ1) is 36.0. The molecule has 0 bridgehead atoms. The maximum Gasteiger partial charge on any atom is 0.270 e. The molecule has 1 N–H and O–H groups in total. The minimum absolute atomic E-state index is 0.0265. The number of benzene rings is 4. The third kappa shape index (κ3) is 6.94. The molecule has 18 heteroatoms. The van der Waals surface area contributed by atoms with Crippen LogP contribution in [0.25, 0.3) is 21.5 Å². The van der Waals surface area contributed by atoms with Crippen LogP contribution in [0.4, 0.5) is 11.4 Å². The summed E-state index contributed by atoms with van der Waals surface area (Å²) in [6.45, 7) is 0. The van der Waals surface area contributed by atoms with Gasteiger partial charge in [0.05, 0.1) is 27.2 Å². The summed E-state index contributed by atoms with van der Waals surface area (Å²) in [6.07, 6.45) is 1.75. The molecule has 0 fully saturated rings. The summed E-state index contributed by atoms with van der Waals surface area (Å²) in [5, 5.41) is 24.5. The number of nitro benzene ring substituents is 2. The predicted molar refractivity (Wildman–Crippen MR) is 185 cm³/mol. The van der Waals surface area contributed by atoms with Gasteiger partial charge in [0.25, 0.3) is 45.1 Å². The molecule has 17 nitrogen and oxygen atoms in total. The van der Waals surface area contributed by atoms with E-state index in [2.05, 4.69) is 9.98 Å². The fourth-order valence-corrected chi connectivity index (χ4v) is 6.08. The maximum absolute atomic E-state index is 13.6. The molecule has 4 aromatic rings. The second-order valence-electron chi connectivity index (χ2n) is 11.4. The fraction of sp³-hybridized carbons (Fsp3) is 0.212. The first-order chi connectivity index (χ1) is 24.1. The Labute approximate surface area is 288 Å². The van der Waals surface area contributed by atoms with E-state index >= 15 is 0 Å². The molecule has 2 aliphatic rings. The second kappa shape index (κ2) is 13.9. The van der Waals surface area contributed by atoms with E-state index < -0.39 is 43.6 Å². The highest BCUT2D eigenvalue weighted by Crippen LogP contribution is 2.36. The van der Waals surface area contributed by atoms with Crippen LogP contribution in [0.15, 0.2) is 70.6 Å². The lowest BCUT2D eigenvalue weighted by atomic mass is 9.92. The molecular weight excluding hydrogens is 688 g/mol. The highest BCUT2D eigenvalue weighted by Gasteiger charge is 2.38. The van der Waals surface area contributed by atoms with Crippen molar-refractivity contribution in [2.45, 2.75) is 25.7 Å². The zero-order valence-electron chi connectivity index (χ0n) is 27.2. The number of non-ortho nitro benzene ring substituents is 2. The minimum Gasteiger partial charge on any atom is -0.286 e. The van der Waals surface area contributed by atoms with E-state index in [9.17, 15) is 47.8 Å². The Morgan fingerprint density at radius 2 is 1.00 bits per heavy atom. The largest absolute Gasteiger partial charge is 0.286 e. The summed E-state index contributed by atoms with van der Waals surface area (Å²) in [5.74, 6) is -2.34. The number of nitrogens with zero attached hydrogens (tertiary/aromatic N) is 6. The molecule has 4 aromatic carbocycles. The molecule has 0 saturated heterocycles. The van der Waals surface area contributed by atoms with Gasteiger partial charge < -0.3 is 0 Å². The number of amides is 4. The number of hydrogen-bond acceptors (Lipinski definition) is 12. The maximum atomic E-state index is 13.6. The predicted octanol–water partition coefficient (Wildman–Crippen LogP) is 4.82. The molecule has 6 rings (SSSR count). The van der Waals surface area contributed by atoms with Gasteiger partial charge in [0.2, 0.25) is 0 Å². The van der Waals surface area contributed by atoms with Gasteiger partial charge in [0.1, 0.15) is 11.7 Å². The molecule has 0 aliphatic carbocycles. The van der Waals surface area contributed by atoms with Gasteiger partial charge in [-0.25, -0.2) is 9.80 Å². The van der Waals surface area contributed by atoms with E-state index in [4.69, 9.17) is 4.55 Å². The van der Waals surface area contributed by atoms with Gasteiger partial charge in [-0.3, -0.25) is 53.9 Å². The Morgan fingerprint density at radius 1 is 0.667 bits per heavy atom. The Kier molecular flexibility index (Phi) is 9.83. The summed E-state index contributed by atoms with van der Waals surface area (Å²) in [7, 11) is -0.804. The lowest BCUT2D eigenvalue weighted by Crippen LogP contribution is -2.45. The fourth-order valence-electron chi connectivity index (χ4n) is 6.08. The number of hydrogen-bond donors (Lipinski definition) is 1. The summed E-state index contributed by atoms with van der Waals surface area (Å²) in [6, 6.07) is 14.4. The third-order valence-corrected chi connectivity index (χ3v) is 8.16. The zero-order chi connectivity index (χ0) is 37.4. The van der Waals surface area contributed by atoms with Crippen molar-refractivity contribution >= 4 is 78.3 Å². The summed E-state index contributed by atoms with van der Waals surface area (Å²) < 4.78 is 25.9. The molecule has 0 unspecified atom stereocenters. The van der Waals surface area contributed by atoms with Crippen LogP contribution in [-0.4, -0.2) is 88.3 Å². The molecule has 0 aromatic heterocycles. The lowest BCUT2D eigenvalue weighted by Gasteiger charge is -2.28. The topological polar surface area (TPSA) is 240 Å². The third-order valence-electron chi connectivity index (χ3n) is 8.16. The van der Waals surface area contributed by atoms with E-state index in [1.807, 2.05) is 0 Å². The number of nitro groups is 2. The number of imide groups is 2. The first-order valence-corrected chi connectivity index (χ1v) is 17.0. The Bertz CT molecular complexity index is 2230. The average molecular weight is 717 g/mol. The first-order valence-electron chi connectivity index (χ1n) is 15.1. The van der Waals surface area contributed by atoms with Crippen molar-refractivity contribution in [2.24, 2.45) is 9.98 Å². The standard InChI is InChI=1S/C32H24N6O8.CH4O3S/c1-33-25(35-29(39)21-9-5-7-17-13-19(37(43)44)15-23(27(17)21)31(35)41)11-3-4-12-26(34-2)36-30(40)22-10-6-8-18-14-20(38(45)46)16-24(28(18)22)32(36)42;1-5(2,3)4/h5-10,13-16H,3-4,11-12H2,1-2H3;1H3,(H,2,3,4)/b33-25+,34-26+;. The average Bonchev–Trinajstić information content (AvgIpc) is 3.08. The molecule has 2 aliphatic heterocycles. The second-order valence-corrected chi connectivity index (χ2v) is 12.9. The quantitative estimate of drug-likeness (QED) is 0.0517. The van der Waals surface area contributed by atoms with E-state index in [1.54, 1.807) is 36.4 Å². The van der Waals surface area contributed by atoms with Crippen LogP contribution < -0.4 is 0 Å². The number of aliphatic imine (C=N–C) groups is 2. The Morgan fingerprint density at radius 3 is 1.31 bits per heavy atom. The highest BCUT2D eigenvalue weighted by molar-refractivity contribution is 7.85. The van der Waals surface area contributed by atoms with Crippen molar-refractivity contribution in [3.8, 4) is 0 Å². The molecule has 4 amide bonds. The SMILES string of the molecule is C/N=C(\CCCC/C(=N\C)N1C(=O)c2cccc3cc([N+](=O)[O-])cc(c23)C1=O)N1C(=O)c2cccc3cc([N+](=O)[O-])cc(c23)C1=O.CS(=O)(=O)O. The van der Waals surface area contributed by atoms with E-state index in [0.717, 1.165) is 21.9 Å². The van der Waals surface area contributed by atoms with Crippen LogP contribution >= 0.6 is 0 Å². The summed E-state index contributed by atoms with van der Waals surface area (Å²) >= 11 is 0. The van der Waals surface area contributed by atoms with Crippen molar-refractivity contribution in [3.05, 3.63) is 103 Å². The van der Waals surface area contributed by atoms with E-state index in [-0.39, 0.29) is 58.1 Å². The van der Waals surface area contributed by atoms with Crippen LogP contribution in [0.3, 0.4) is 0 Å². The smallest absolute Gasteiger partial charge is 0.270 e. The monoisotopic (exact) mass is 716 g/mol. The van der Waals surface area contributed by atoms with Crippen molar-refractivity contribution < 1.29 is 42.0 Å². The highest BCUT2D eigenvalue weighted by atomic mass is 32.2. The number of carbonyl (C=O) groups excluding carboxylic acids is 4. The summed E-state index contributed by atoms with van der Waals surface area (Å²) in [4.78, 5) is 86.2. The van der Waals surface area contributed by atoms with Gasteiger partial charge in [-0.15, -0.1) is 0 Å². The molecule has 0 radical (unpaired) electrons. The molecule has 51 heavy (non-hydrogen) atoms. The van der Waals surface area contributed by atoms with Gasteiger partial charge >= 0.3 is 0 Å². The van der Waals surface area contributed by atoms with Crippen molar-refractivity contribution in [3.63, 3.8) is 0 Å². The minimum atomic E-state index is -3.67. The molecule has 262 valence electrons. The Balaban J connectivity index is 0.000000943. The number of rotatable bonds is 7. The van der Waals surface area contributed by atoms with Crippen molar-refractivity contribution in [1.82, 2.24) is 9.80 Å². The molecule has 0 atom stereocenters. The zero-order valence-corrected chi connectivity index (χ0v) is 28.0. The molecule has 2 heterocycles. The molecule has 0 spiro atoms. The normalized spacial score (nSPS) is 14.6. The van der Waals surface area contributed by atoms with Crippen molar-refractivity contribution in [1.29, 1.82) is 0 Å². The van der Waals surface area contributed by atoms with Crippen LogP contribution in [0, 0.1) is 20.2 Å².